The molecule has 1 aliphatic rings. The van der Waals surface area contributed by atoms with Gasteiger partial charge in [0.05, 0.1) is 18.2 Å². The van der Waals surface area contributed by atoms with Crippen molar-refractivity contribution in [3.8, 4) is 0 Å². The van der Waals surface area contributed by atoms with Gasteiger partial charge in [0.15, 0.2) is 0 Å². The average molecular weight is 243 g/mol. The van der Waals surface area contributed by atoms with Crippen LogP contribution in [0.4, 0.5) is 17.6 Å². The lowest BCUT2D eigenvalue weighted by molar-refractivity contribution is -0.126. The zero-order chi connectivity index (χ0) is 12.4. The monoisotopic (exact) mass is 243 g/mol. The van der Waals surface area contributed by atoms with Gasteiger partial charge in [-0.05, 0) is 26.7 Å². The number of hydrogen-bond donors (Lipinski definition) is 1. The molecule has 1 aliphatic heterocycles. The molecule has 1 N–H and O–H groups in total. The summed E-state index contributed by atoms with van der Waals surface area (Å²) in [6.45, 7) is 3.01. The van der Waals surface area contributed by atoms with Gasteiger partial charge in [-0.25, -0.2) is 8.78 Å². The Morgan fingerprint density at radius 3 is 2.50 bits per heavy atom. The lowest BCUT2D eigenvalue weighted by atomic mass is 10.1. The molecule has 1 unspecified atom stereocenters. The molecular weight excluding hydrogens is 226 g/mol. The van der Waals surface area contributed by atoms with Crippen molar-refractivity contribution < 1.29 is 22.3 Å². The van der Waals surface area contributed by atoms with Crippen LogP contribution in [0.3, 0.4) is 0 Å². The van der Waals surface area contributed by atoms with Gasteiger partial charge in [-0.15, -0.1) is 0 Å². The zero-order valence-corrected chi connectivity index (χ0v) is 9.40. The van der Waals surface area contributed by atoms with Gasteiger partial charge < -0.3 is 10.1 Å². The van der Waals surface area contributed by atoms with E-state index in [1.165, 1.54) is 0 Å². The molecule has 96 valence electrons. The molecule has 1 heterocycles. The largest absolute Gasteiger partial charge is 0.371 e. The topological polar surface area (TPSA) is 21.3 Å². The Labute approximate surface area is 92.3 Å². The summed E-state index contributed by atoms with van der Waals surface area (Å²) in [6, 6.07) is 0. The molecule has 0 amide bonds. The average Bonchev–Trinajstić information content (AvgIpc) is 2.45. The number of alkyl halides is 4. The number of rotatable bonds is 5. The maximum Gasteiger partial charge on any atom is 0.319 e. The van der Waals surface area contributed by atoms with Crippen LogP contribution in [0.1, 0.15) is 26.7 Å². The van der Waals surface area contributed by atoms with Gasteiger partial charge in [0.1, 0.15) is 0 Å². The van der Waals surface area contributed by atoms with Gasteiger partial charge in [-0.1, -0.05) is 0 Å². The molecule has 0 aromatic carbocycles. The van der Waals surface area contributed by atoms with E-state index in [4.69, 9.17) is 4.74 Å². The number of ether oxygens (including phenoxy) is 1. The summed E-state index contributed by atoms with van der Waals surface area (Å²) in [5.74, 6) is -3.96. The van der Waals surface area contributed by atoms with Crippen molar-refractivity contribution in [3.63, 3.8) is 0 Å². The molecule has 16 heavy (non-hydrogen) atoms. The van der Waals surface area contributed by atoms with E-state index < -0.39 is 18.9 Å². The molecule has 1 fully saturated rings. The Hall–Kier alpha value is -0.360. The quantitative estimate of drug-likeness (QED) is 0.749. The number of hydrogen-bond acceptors (Lipinski definition) is 2. The number of nitrogens with one attached hydrogen (secondary N) is 1. The van der Waals surface area contributed by atoms with Crippen LogP contribution in [0.5, 0.6) is 0 Å². The maximum absolute atomic E-state index is 12.5. The van der Waals surface area contributed by atoms with Gasteiger partial charge in [0.2, 0.25) is 0 Å². The molecule has 0 aromatic heterocycles. The third-order valence-corrected chi connectivity index (χ3v) is 2.61. The van der Waals surface area contributed by atoms with Crippen LogP contribution in [0.25, 0.3) is 0 Å². The summed E-state index contributed by atoms with van der Waals surface area (Å²) in [5, 5.41) is 2.33. The third-order valence-electron chi connectivity index (χ3n) is 2.61. The standard InChI is InChI=1S/C10H17F4NO/c1-9(2)4-3-7(16-9)5-15-6-10(13,14)8(11)12/h7-8,15H,3-6H2,1-2H3. The third kappa shape index (κ3) is 3.90. The van der Waals surface area contributed by atoms with E-state index in [0.717, 1.165) is 12.8 Å². The first kappa shape index (κ1) is 13.7. The van der Waals surface area contributed by atoms with Crippen molar-refractivity contribution in [3.05, 3.63) is 0 Å². The molecule has 1 rings (SSSR count). The SMILES string of the molecule is CC1(C)CCC(CNCC(F)(F)C(F)F)O1. The summed E-state index contributed by atoms with van der Waals surface area (Å²) in [6.07, 6.45) is -2.17. The number of halogens is 4. The molecule has 6 heteroatoms. The lowest BCUT2D eigenvalue weighted by Crippen LogP contribution is -2.41. The van der Waals surface area contributed by atoms with E-state index in [1.807, 2.05) is 13.8 Å². The van der Waals surface area contributed by atoms with Crippen molar-refractivity contribution in [2.75, 3.05) is 13.1 Å². The van der Waals surface area contributed by atoms with E-state index in [2.05, 4.69) is 5.32 Å². The highest BCUT2D eigenvalue weighted by Crippen LogP contribution is 2.29. The second-order valence-corrected chi connectivity index (χ2v) is 4.73. The highest BCUT2D eigenvalue weighted by molar-refractivity contribution is 4.82. The minimum absolute atomic E-state index is 0.163. The highest BCUT2D eigenvalue weighted by Gasteiger charge is 2.40. The first-order chi connectivity index (χ1) is 7.23. The van der Waals surface area contributed by atoms with Crippen LogP contribution in [0.2, 0.25) is 0 Å². The van der Waals surface area contributed by atoms with E-state index >= 15 is 0 Å². The predicted molar refractivity (Wildman–Crippen MR) is 52.0 cm³/mol. The minimum Gasteiger partial charge on any atom is -0.371 e. The Bertz CT molecular complexity index is 233. The molecule has 0 bridgehead atoms. The maximum atomic E-state index is 12.5. The summed E-state index contributed by atoms with van der Waals surface area (Å²) in [5.41, 5.74) is -0.239. The molecule has 0 radical (unpaired) electrons. The van der Waals surface area contributed by atoms with Crippen molar-refractivity contribution in [1.29, 1.82) is 0 Å². The zero-order valence-electron chi connectivity index (χ0n) is 9.40. The van der Waals surface area contributed by atoms with Crippen LogP contribution < -0.4 is 5.32 Å². The van der Waals surface area contributed by atoms with E-state index in [-0.39, 0.29) is 18.2 Å². The first-order valence-corrected chi connectivity index (χ1v) is 5.27. The lowest BCUT2D eigenvalue weighted by Gasteiger charge is -2.21. The Balaban J connectivity index is 2.22. The smallest absolute Gasteiger partial charge is 0.319 e. The Kier molecular flexibility index (Phi) is 4.17. The summed E-state index contributed by atoms with van der Waals surface area (Å²) < 4.78 is 54.2. The summed E-state index contributed by atoms with van der Waals surface area (Å²) >= 11 is 0. The van der Waals surface area contributed by atoms with Gasteiger partial charge >= 0.3 is 12.3 Å². The fourth-order valence-electron chi connectivity index (χ4n) is 1.70. The second kappa shape index (κ2) is 4.87. The molecule has 1 saturated heterocycles. The van der Waals surface area contributed by atoms with Gasteiger partial charge in [-0.3, -0.25) is 0 Å². The van der Waals surface area contributed by atoms with E-state index in [0.29, 0.717) is 0 Å². The highest BCUT2D eigenvalue weighted by atomic mass is 19.3. The van der Waals surface area contributed by atoms with Crippen LogP contribution >= 0.6 is 0 Å². The fourth-order valence-corrected chi connectivity index (χ4v) is 1.70. The molecule has 0 aromatic rings. The van der Waals surface area contributed by atoms with Crippen LogP contribution in [0.15, 0.2) is 0 Å². The second-order valence-electron chi connectivity index (χ2n) is 4.73. The van der Waals surface area contributed by atoms with E-state index in [9.17, 15) is 17.6 Å². The molecule has 2 nitrogen and oxygen atoms in total. The van der Waals surface area contributed by atoms with Crippen molar-refractivity contribution in [1.82, 2.24) is 5.32 Å². The van der Waals surface area contributed by atoms with Gasteiger partial charge in [-0.2, -0.15) is 8.78 Å². The molecule has 0 saturated carbocycles. The van der Waals surface area contributed by atoms with E-state index in [1.54, 1.807) is 0 Å². The van der Waals surface area contributed by atoms with Crippen molar-refractivity contribution in [2.45, 2.75) is 50.7 Å². The molecule has 0 aliphatic carbocycles. The molecule has 0 spiro atoms. The van der Waals surface area contributed by atoms with Gasteiger partial charge in [0, 0.05) is 6.54 Å². The summed E-state index contributed by atoms with van der Waals surface area (Å²) in [4.78, 5) is 0. The van der Waals surface area contributed by atoms with Crippen LogP contribution in [0, 0.1) is 0 Å². The van der Waals surface area contributed by atoms with Crippen molar-refractivity contribution in [2.24, 2.45) is 0 Å². The molecular formula is C10H17F4NO. The normalized spacial score (nSPS) is 25.3. The predicted octanol–water partition coefficient (Wildman–Crippen LogP) is 2.43. The first-order valence-electron chi connectivity index (χ1n) is 5.27. The van der Waals surface area contributed by atoms with Crippen molar-refractivity contribution >= 4 is 0 Å². The van der Waals surface area contributed by atoms with Gasteiger partial charge in [0.25, 0.3) is 0 Å². The summed E-state index contributed by atoms with van der Waals surface area (Å²) in [7, 11) is 0. The van der Waals surface area contributed by atoms with Crippen LogP contribution in [-0.2, 0) is 4.74 Å². The Morgan fingerprint density at radius 1 is 1.44 bits per heavy atom. The fraction of sp³-hybridized carbons (Fsp3) is 1.00. The van der Waals surface area contributed by atoms with Crippen LogP contribution in [-0.4, -0.2) is 37.1 Å². The Morgan fingerprint density at radius 2 is 2.06 bits per heavy atom. The minimum atomic E-state index is -3.96. The molecule has 1 atom stereocenters.